The maximum atomic E-state index is 7.07. The summed E-state index contributed by atoms with van der Waals surface area (Å²) in [6.07, 6.45) is 43.2. The maximum Gasteiger partial charge on any atom is 1.00 e. The smallest absolute Gasteiger partial charge is 0.870 e. The van der Waals surface area contributed by atoms with Gasteiger partial charge in [0, 0.05) is 51.0 Å². The van der Waals surface area contributed by atoms with Crippen molar-refractivity contribution in [2.24, 2.45) is 0 Å². The standard InChI is InChI=1S/C8H13BrS.C8H14S.C6H10S.2C6H6S.2C6H14.C5H7BrS.C5H8.C2H5I.2CH2BrI.2CH3I.CH4O2.5CH4.2K.H2O/c1-10-8-6-4-2-3-5-7-9;1-3-4-5-6-7-8-9-2;3*1-3-4-5-6-7-2;2*1-3-5-6-4-2;1-7-5-3-2-4-6;1-3-5-4-2;1-2-3;2*2-1-3;2*1-2;1-3-2;;;;;;;;/h2-5,7H2,1H3;3-6H2,1-2H3;3-4H2,1-2H3;2*1H,4H2,2H3;2*3-6H2,1-2H3;2,4H2,1H3;1H,4-5H2,2H3;2H2,1H3;2*1H2;2*1H3;2H,1H3;5*1H4;;;1H2/q;;;;;;;;;;;;;;;;;;;;2*+1;/p-1/i1T;4*2T;;;1T;;;;;;;;;;;;;;;. The number of hydrogen-bond acceptors (Lipinski definition) is 9. The Morgan fingerprint density at radius 2 is 0.614 bits per heavy atom. The predicted molar refractivity (Wildman–Crippen MR) is 493 cm³/mol. The number of alkyl halides is 9. The van der Waals surface area contributed by atoms with Crippen LogP contribution in [0.1, 0.15) is 248 Å². The Balaban J connectivity index is -0.0000000278. The second-order valence-electron chi connectivity index (χ2n) is 12.5. The zero-order valence-corrected chi connectivity index (χ0v) is 81.7. The zero-order valence-electron chi connectivity index (χ0n) is 59.4. The van der Waals surface area contributed by atoms with E-state index in [1.54, 1.807) is 0 Å². The molecule has 0 unspecified atom stereocenters. The normalized spacial score (nSPS) is 7.30. The van der Waals surface area contributed by atoms with E-state index in [0.717, 1.165) is 62.3 Å². The molecule has 522 valence electrons. The van der Waals surface area contributed by atoms with Gasteiger partial charge in [0.25, 0.3) is 0 Å². The molecule has 0 aliphatic carbocycles. The molecule has 3 nitrogen and oxygen atoms in total. The molecular formula is C68H132Br4I5K2O3S6+. The first-order valence-electron chi connectivity index (χ1n) is 29.6. The Morgan fingerprint density at radius 1 is 0.386 bits per heavy atom. The SMILES string of the molecule is BrCI.BrCI.C.C.C.C.C.C#CCCC.CCCCCC.CCCCCC.CCI.CI.CI.COO.[3H]CSC#CCC#C.[3H]CSC#CCC#C.[3H]CSC#CCCBr.[3H]CSC#CCCC.[3H]CSC#CCCCCC.[3H]CSC#CCCCCCBr.[K+].[K+].[OH-]. The van der Waals surface area contributed by atoms with Gasteiger partial charge in [-0.05, 0) is 115 Å². The number of unbranched alkanes of at least 4 members (excludes halogenated alkanes) is 14. The molecule has 0 aliphatic rings. The van der Waals surface area contributed by atoms with Crippen molar-refractivity contribution in [3.05, 3.63) is 0 Å². The van der Waals surface area contributed by atoms with E-state index >= 15 is 0 Å². The Morgan fingerprint density at radius 3 is 0.807 bits per heavy atom. The van der Waals surface area contributed by atoms with Gasteiger partial charge in [0.15, 0.2) is 0 Å². The Kier molecular flexibility index (Phi) is 392. The average molecular weight is 2230 g/mol. The molecule has 0 heterocycles. The fourth-order valence-electron chi connectivity index (χ4n) is 2.95. The molecule has 0 radical (unpaired) electrons. The Bertz CT molecular complexity index is 1470. The molecule has 0 amide bonds. The summed E-state index contributed by atoms with van der Waals surface area (Å²) in [5.74, 6) is 24.5. The van der Waals surface area contributed by atoms with Crippen LogP contribution in [0.3, 0.4) is 0 Å². The van der Waals surface area contributed by atoms with Crippen LogP contribution in [-0.4, -0.2) is 86.9 Å². The third kappa shape index (κ3) is 407. The van der Waals surface area contributed by atoms with Gasteiger partial charge in [0.05, 0.1) is 26.6 Å². The van der Waals surface area contributed by atoms with E-state index in [4.69, 9.17) is 32.8 Å². The molecule has 0 saturated heterocycles. The maximum absolute atomic E-state index is 7.07. The quantitative estimate of drug-likeness (QED) is 0.0310. The average Bonchev–Trinajstić information content (AvgIpc) is 3.52. The Hall–Kier alpha value is 6.86. The molecule has 0 atom stereocenters. The summed E-state index contributed by atoms with van der Waals surface area (Å²) in [6, 6.07) is 0. The molecule has 0 aromatic carbocycles. The molecule has 0 aromatic rings. The summed E-state index contributed by atoms with van der Waals surface area (Å²) in [6.45, 7) is 17.4. The van der Waals surface area contributed by atoms with Crippen LogP contribution in [0, 0.1) is 104 Å². The summed E-state index contributed by atoms with van der Waals surface area (Å²) >= 11 is 31.8. The molecular weight excluding hydrogens is 2090 g/mol. The van der Waals surface area contributed by atoms with Gasteiger partial charge < -0.3 is 5.48 Å². The van der Waals surface area contributed by atoms with E-state index in [1.807, 2.05) is 9.86 Å². The van der Waals surface area contributed by atoms with Crippen molar-refractivity contribution in [1.82, 2.24) is 0 Å². The van der Waals surface area contributed by atoms with E-state index in [0.29, 0.717) is 37.8 Å². The molecule has 0 fully saturated rings. The van der Waals surface area contributed by atoms with Crippen molar-refractivity contribution in [1.29, 1.82) is 0 Å². The topological polar surface area (TPSA) is 59.5 Å². The Labute approximate surface area is 779 Å². The van der Waals surface area contributed by atoms with Crippen molar-refractivity contribution in [3.63, 3.8) is 0 Å². The molecule has 2 N–H and O–H groups in total. The van der Waals surface area contributed by atoms with Gasteiger partial charge in [0.1, 0.15) is 0 Å². The minimum Gasteiger partial charge on any atom is -0.870 e. The van der Waals surface area contributed by atoms with Crippen molar-refractivity contribution >= 4 is 247 Å². The van der Waals surface area contributed by atoms with Gasteiger partial charge in [-0.3, -0.25) is 5.26 Å². The minimum absolute atomic E-state index is 0. The van der Waals surface area contributed by atoms with E-state index in [9.17, 15) is 0 Å². The van der Waals surface area contributed by atoms with Gasteiger partial charge >= 0.3 is 103 Å². The molecule has 0 bridgehead atoms. The van der Waals surface area contributed by atoms with Gasteiger partial charge in [-0.1, -0.05) is 458 Å². The van der Waals surface area contributed by atoms with Crippen LogP contribution in [0.2, 0.25) is 0 Å². The van der Waals surface area contributed by atoms with Gasteiger partial charge in [-0.25, -0.2) is 4.89 Å². The zero-order chi connectivity index (χ0) is 69.6. The molecule has 0 aliphatic heterocycles. The third-order valence-corrected chi connectivity index (χ3v) is 8.68. The molecule has 0 rings (SSSR count). The van der Waals surface area contributed by atoms with E-state index in [-0.39, 0.29) is 158 Å². The number of thioether (sulfide) groups is 6. The first kappa shape index (κ1) is 138. The van der Waals surface area contributed by atoms with Gasteiger partial charge in [-0.2, -0.15) is 0 Å². The van der Waals surface area contributed by atoms with E-state index in [1.165, 1.54) is 172 Å². The largest absolute Gasteiger partial charge is 1.00 e. The molecule has 20 heteroatoms. The third-order valence-electron chi connectivity index (χ3n) is 5.99. The molecule has 0 spiro atoms. The van der Waals surface area contributed by atoms with Crippen LogP contribution in [0.5, 0.6) is 0 Å². The van der Waals surface area contributed by atoms with Crippen LogP contribution in [0.4, 0.5) is 0 Å². The van der Waals surface area contributed by atoms with Gasteiger partial charge in [0.2, 0.25) is 0 Å². The number of halogens is 9. The monoisotopic (exact) mass is 2230 g/mol. The van der Waals surface area contributed by atoms with Crippen molar-refractivity contribution < 1.29 is 127 Å². The second kappa shape index (κ2) is 250. The van der Waals surface area contributed by atoms with Crippen molar-refractivity contribution in [3.8, 4) is 104 Å². The van der Waals surface area contributed by atoms with Crippen LogP contribution in [0.15, 0.2) is 0 Å². The summed E-state index contributed by atoms with van der Waals surface area (Å²) < 4.78 is 43.5. The first-order valence-corrected chi connectivity index (χ1v) is 44.7. The van der Waals surface area contributed by atoms with E-state index < -0.39 is 0 Å². The first-order chi connectivity index (χ1) is 41.9. The second-order valence-corrected chi connectivity index (χ2v) is 25.4. The molecule has 88 heavy (non-hydrogen) atoms. The van der Waals surface area contributed by atoms with Crippen LogP contribution in [-0.2, 0) is 4.89 Å². The number of hydrogen-bond donors (Lipinski definition) is 1. The summed E-state index contributed by atoms with van der Waals surface area (Å²) in [5, 5.41) is 25.8. The molecule has 0 saturated carbocycles. The summed E-state index contributed by atoms with van der Waals surface area (Å²) in [4.78, 5) is 7.19. The predicted octanol–water partition coefficient (Wildman–Crippen LogP) is 23.8. The van der Waals surface area contributed by atoms with Crippen LogP contribution in [0.25, 0.3) is 0 Å². The summed E-state index contributed by atoms with van der Waals surface area (Å²) in [7, 11) is 1.18. The fourth-order valence-corrected chi connectivity index (χ4v) is 4.71. The fraction of sp³-hybridized carbons (Fsp3) is 0.735. The minimum atomic E-state index is 0. The molecule has 0 aromatic heterocycles. The van der Waals surface area contributed by atoms with Crippen molar-refractivity contribution in [2.45, 2.75) is 240 Å². The van der Waals surface area contributed by atoms with Crippen molar-refractivity contribution in [2.75, 3.05) is 76.1 Å². The van der Waals surface area contributed by atoms with Crippen LogP contribution >= 0.6 is 247 Å². The van der Waals surface area contributed by atoms with E-state index in [2.05, 4.69) is 322 Å². The van der Waals surface area contributed by atoms with Gasteiger partial charge in [-0.15, -0.1) is 25.2 Å². The number of rotatable bonds is 16. The number of terminal acetylenes is 3. The summed E-state index contributed by atoms with van der Waals surface area (Å²) in [5.41, 5.74) is 0. The van der Waals surface area contributed by atoms with Crippen LogP contribution < -0.4 is 103 Å².